The highest BCUT2D eigenvalue weighted by Crippen LogP contribution is 2.31. The van der Waals surface area contributed by atoms with Crippen molar-refractivity contribution in [3.05, 3.63) is 48.2 Å². The minimum atomic E-state index is 0.421. The van der Waals surface area contributed by atoms with Gasteiger partial charge in [-0.2, -0.15) is 0 Å². The van der Waals surface area contributed by atoms with E-state index in [1.54, 1.807) is 18.0 Å². The number of nitrogens with two attached hydrogens (primary N) is 1. The van der Waals surface area contributed by atoms with Crippen molar-refractivity contribution in [1.29, 1.82) is 0 Å². The number of para-hydroxylation sites is 1. The van der Waals surface area contributed by atoms with E-state index < -0.39 is 0 Å². The topological polar surface area (TPSA) is 48.1 Å². The molecule has 0 saturated heterocycles. The highest BCUT2D eigenvalue weighted by Gasteiger charge is 2.07. The molecule has 17 heavy (non-hydrogen) atoms. The molecular weight excluding hydrogens is 232 g/mol. The maximum absolute atomic E-state index is 5.81. The lowest BCUT2D eigenvalue weighted by atomic mass is 10.3. The summed E-state index contributed by atoms with van der Waals surface area (Å²) >= 11 is 1.64. The lowest BCUT2D eigenvalue weighted by Crippen LogP contribution is -2.01. The fraction of sp³-hybridized carbons (Fsp3) is 0.154. The molecular formula is C13H14N2OS. The second kappa shape index (κ2) is 5.70. The Morgan fingerprint density at radius 1 is 1.24 bits per heavy atom. The van der Waals surface area contributed by atoms with Gasteiger partial charge in [0.2, 0.25) is 5.88 Å². The van der Waals surface area contributed by atoms with E-state index in [4.69, 9.17) is 10.5 Å². The highest BCUT2D eigenvalue weighted by molar-refractivity contribution is 7.98. The number of nitrogens with zero attached hydrogens (tertiary/aromatic N) is 1. The first-order valence-electron chi connectivity index (χ1n) is 5.30. The third kappa shape index (κ3) is 2.78. The maximum atomic E-state index is 5.81. The molecule has 0 aliphatic heterocycles. The van der Waals surface area contributed by atoms with Gasteiger partial charge in [-0.3, -0.25) is 0 Å². The van der Waals surface area contributed by atoms with Crippen LogP contribution in [0.4, 0.5) is 0 Å². The van der Waals surface area contributed by atoms with Crippen LogP contribution in [0.15, 0.2) is 47.5 Å². The van der Waals surface area contributed by atoms with Crippen molar-refractivity contribution in [1.82, 2.24) is 4.98 Å². The third-order valence-electron chi connectivity index (χ3n) is 2.35. The van der Waals surface area contributed by atoms with Gasteiger partial charge in [-0.1, -0.05) is 18.2 Å². The zero-order chi connectivity index (χ0) is 12.1. The number of benzene rings is 1. The lowest BCUT2D eigenvalue weighted by Gasteiger charge is -2.10. The number of aromatic nitrogens is 1. The van der Waals surface area contributed by atoms with E-state index in [0.29, 0.717) is 12.4 Å². The fourth-order valence-electron chi connectivity index (χ4n) is 1.48. The van der Waals surface area contributed by atoms with Gasteiger partial charge in [-0.05, 0) is 24.5 Å². The van der Waals surface area contributed by atoms with E-state index in [-0.39, 0.29) is 0 Å². The molecule has 0 radical (unpaired) electrons. The molecule has 2 rings (SSSR count). The summed E-state index contributed by atoms with van der Waals surface area (Å²) in [6, 6.07) is 11.7. The SMILES string of the molecule is CSc1ccccc1Oc1ncccc1CN. The van der Waals surface area contributed by atoms with E-state index in [9.17, 15) is 0 Å². The predicted molar refractivity (Wildman–Crippen MR) is 70.4 cm³/mol. The van der Waals surface area contributed by atoms with Crippen LogP contribution in [0, 0.1) is 0 Å². The number of thioether (sulfide) groups is 1. The Balaban J connectivity index is 2.31. The van der Waals surface area contributed by atoms with Gasteiger partial charge in [0, 0.05) is 23.2 Å². The van der Waals surface area contributed by atoms with Gasteiger partial charge in [-0.25, -0.2) is 4.98 Å². The smallest absolute Gasteiger partial charge is 0.223 e. The van der Waals surface area contributed by atoms with Crippen molar-refractivity contribution in [2.24, 2.45) is 5.73 Å². The number of pyridine rings is 1. The normalized spacial score (nSPS) is 10.2. The van der Waals surface area contributed by atoms with Gasteiger partial charge in [0.25, 0.3) is 0 Å². The van der Waals surface area contributed by atoms with Gasteiger partial charge >= 0.3 is 0 Å². The Morgan fingerprint density at radius 3 is 2.82 bits per heavy atom. The molecule has 0 fully saturated rings. The summed E-state index contributed by atoms with van der Waals surface area (Å²) < 4.78 is 5.81. The molecule has 0 atom stereocenters. The van der Waals surface area contributed by atoms with Gasteiger partial charge in [0.05, 0.1) is 0 Å². The molecule has 0 aliphatic carbocycles. The molecule has 0 bridgehead atoms. The summed E-state index contributed by atoms with van der Waals surface area (Å²) in [6.45, 7) is 0.421. The molecule has 0 unspecified atom stereocenters. The number of hydrogen-bond acceptors (Lipinski definition) is 4. The molecule has 2 aromatic rings. The van der Waals surface area contributed by atoms with Crippen LogP contribution in [-0.2, 0) is 6.54 Å². The maximum Gasteiger partial charge on any atom is 0.223 e. The lowest BCUT2D eigenvalue weighted by molar-refractivity contribution is 0.446. The van der Waals surface area contributed by atoms with Crippen molar-refractivity contribution in [3.8, 4) is 11.6 Å². The molecule has 4 heteroatoms. The Morgan fingerprint density at radius 2 is 2.06 bits per heavy atom. The second-order valence-electron chi connectivity index (χ2n) is 3.42. The summed E-state index contributed by atoms with van der Waals surface area (Å²) in [4.78, 5) is 5.29. The van der Waals surface area contributed by atoms with Crippen molar-refractivity contribution in [2.45, 2.75) is 11.4 Å². The van der Waals surface area contributed by atoms with Crippen LogP contribution in [0.25, 0.3) is 0 Å². The highest BCUT2D eigenvalue weighted by atomic mass is 32.2. The molecule has 3 nitrogen and oxygen atoms in total. The van der Waals surface area contributed by atoms with E-state index >= 15 is 0 Å². The zero-order valence-electron chi connectivity index (χ0n) is 9.59. The quantitative estimate of drug-likeness (QED) is 0.842. The fourth-order valence-corrected chi connectivity index (χ4v) is 2.00. The molecule has 88 valence electrons. The van der Waals surface area contributed by atoms with Crippen LogP contribution in [0.1, 0.15) is 5.56 Å². The van der Waals surface area contributed by atoms with Crippen LogP contribution >= 0.6 is 11.8 Å². The molecule has 1 aromatic carbocycles. The van der Waals surface area contributed by atoms with E-state index in [1.165, 1.54) is 0 Å². The minimum absolute atomic E-state index is 0.421. The van der Waals surface area contributed by atoms with Crippen LogP contribution in [0.2, 0.25) is 0 Å². The van der Waals surface area contributed by atoms with Crippen LogP contribution in [-0.4, -0.2) is 11.2 Å². The molecule has 0 amide bonds. The molecule has 0 saturated carbocycles. The first-order valence-corrected chi connectivity index (χ1v) is 6.52. The standard InChI is InChI=1S/C13H14N2OS/c1-17-12-7-3-2-6-11(12)16-13-10(9-14)5-4-8-15-13/h2-8H,9,14H2,1H3. The summed E-state index contributed by atoms with van der Waals surface area (Å²) in [5.74, 6) is 1.39. The molecule has 1 heterocycles. The summed E-state index contributed by atoms with van der Waals surface area (Å²) in [5.41, 5.74) is 6.56. The largest absolute Gasteiger partial charge is 0.438 e. The first kappa shape index (κ1) is 12.0. The number of rotatable bonds is 4. The molecule has 0 aliphatic rings. The summed E-state index contributed by atoms with van der Waals surface area (Å²) in [7, 11) is 0. The van der Waals surface area contributed by atoms with Gasteiger partial charge < -0.3 is 10.5 Å². The Kier molecular flexibility index (Phi) is 4.01. The van der Waals surface area contributed by atoms with Crippen LogP contribution < -0.4 is 10.5 Å². The van der Waals surface area contributed by atoms with Gasteiger partial charge in [-0.15, -0.1) is 11.8 Å². The Bertz CT molecular complexity index is 457. The molecule has 1 aromatic heterocycles. The monoisotopic (exact) mass is 246 g/mol. The van der Waals surface area contributed by atoms with E-state index in [2.05, 4.69) is 4.98 Å². The minimum Gasteiger partial charge on any atom is -0.438 e. The van der Waals surface area contributed by atoms with Crippen molar-refractivity contribution >= 4 is 11.8 Å². The average Bonchev–Trinajstić information content (AvgIpc) is 2.40. The number of ether oxygens (including phenoxy) is 1. The van der Waals surface area contributed by atoms with Crippen molar-refractivity contribution in [2.75, 3.05) is 6.26 Å². The van der Waals surface area contributed by atoms with Crippen molar-refractivity contribution < 1.29 is 4.74 Å². The Hall–Kier alpha value is -1.52. The van der Waals surface area contributed by atoms with Crippen molar-refractivity contribution in [3.63, 3.8) is 0 Å². The van der Waals surface area contributed by atoms with E-state index in [0.717, 1.165) is 16.2 Å². The summed E-state index contributed by atoms with van der Waals surface area (Å²) in [6.07, 6.45) is 3.72. The Labute approximate surface area is 105 Å². The average molecular weight is 246 g/mol. The second-order valence-corrected chi connectivity index (χ2v) is 4.27. The van der Waals surface area contributed by atoms with E-state index in [1.807, 2.05) is 42.7 Å². The van der Waals surface area contributed by atoms with Crippen LogP contribution in [0.3, 0.4) is 0 Å². The molecule has 0 spiro atoms. The number of hydrogen-bond donors (Lipinski definition) is 1. The van der Waals surface area contributed by atoms with Gasteiger partial charge in [0.15, 0.2) is 0 Å². The zero-order valence-corrected chi connectivity index (χ0v) is 10.4. The molecule has 2 N–H and O–H groups in total. The van der Waals surface area contributed by atoms with Gasteiger partial charge in [0.1, 0.15) is 5.75 Å². The first-order chi connectivity index (χ1) is 8.35. The summed E-state index contributed by atoms with van der Waals surface area (Å²) in [5, 5.41) is 0. The predicted octanol–water partition coefficient (Wildman–Crippen LogP) is 3.05. The third-order valence-corrected chi connectivity index (χ3v) is 3.12. The van der Waals surface area contributed by atoms with Crippen LogP contribution in [0.5, 0.6) is 11.6 Å².